The van der Waals surface area contributed by atoms with E-state index >= 15 is 0 Å². The number of pyridine rings is 1. The number of amides is 1. The Bertz CT molecular complexity index is 299. The zero-order chi connectivity index (χ0) is 9.68. The first-order valence-corrected chi connectivity index (χ1v) is 4.12. The SMILES string of the molecule is CCNC(=O)c1[c]nccc1NC. The van der Waals surface area contributed by atoms with Gasteiger partial charge >= 0.3 is 0 Å². The van der Waals surface area contributed by atoms with Crippen LogP contribution < -0.4 is 10.6 Å². The van der Waals surface area contributed by atoms with E-state index < -0.39 is 0 Å². The van der Waals surface area contributed by atoms with Gasteiger partial charge in [-0.3, -0.25) is 9.78 Å². The summed E-state index contributed by atoms with van der Waals surface area (Å²) in [6.45, 7) is 2.47. The van der Waals surface area contributed by atoms with Gasteiger partial charge in [0.1, 0.15) is 6.20 Å². The number of nitrogens with zero attached hydrogens (tertiary/aromatic N) is 1. The molecule has 0 aliphatic heterocycles. The summed E-state index contributed by atoms with van der Waals surface area (Å²) in [4.78, 5) is 15.2. The van der Waals surface area contributed by atoms with Crippen LogP contribution in [-0.4, -0.2) is 24.5 Å². The molecule has 2 N–H and O–H groups in total. The summed E-state index contributed by atoms with van der Waals surface area (Å²) < 4.78 is 0. The van der Waals surface area contributed by atoms with Gasteiger partial charge in [0.05, 0.1) is 11.3 Å². The van der Waals surface area contributed by atoms with Crippen molar-refractivity contribution in [2.24, 2.45) is 0 Å². The van der Waals surface area contributed by atoms with Crippen LogP contribution in [0.4, 0.5) is 5.69 Å². The molecule has 0 aliphatic carbocycles. The number of carbonyl (C=O) groups is 1. The van der Waals surface area contributed by atoms with Crippen LogP contribution in [0, 0.1) is 6.20 Å². The summed E-state index contributed by atoms with van der Waals surface area (Å²) >= 11 is 0. The van der Waals surface area contributed by atoms with Crippen LogP contribution in [0.5, 0.6) is 0 Å². The summed E-state index contributed by atoms with van der Waals surface area (Å²) in [5.74, 6) is -0.153. The first-order valence-electron chi connectivity index (χ1n) is 4.12. The Morgan fingerprint density at radius 1 is 1.69 bits per heavy atom. The summed E-state index contributed by atoms with van der Waals surface area (Å²) in [6, 6.07) is 1.74. The highest BCUT2D eigenvalue weighted by molar-refractivity contribution is 5.98. The normalized spacial score (nSPS) is 9.38. The highest BCUT2D eigenvalue weighted by Gasteiger charge is 2.09. The monoisotopic (exact) mass is 178 g/mol. The van der Waals surface area contributed by atoms with Crippen LogP contribution in [0.3, 0.4) is 0 Å². The minimum atomic E-state index is -0.153. The molecule has 0 atom stereocenters. The summed E-state index contributed by atoms with van der Waals surface area (Å²) in [7, 11) is 1.76. The van der Waals surface area contributed by atoms with Gasteiger partial charge in [0, 0.05) is 19.8 Å². The Morgan fingerprint density at radius 2 is 2.46 bits per heavy atom. The lowest BCUT2D eigenvalue weighted by atomic mass is 10.2. The maximum absolute atomic E-state index is 11.4. The first kappa shape index (κ1) is 9.51. The lowest BCUT2D eigenvalue weighted by Crippen LogP contribution is -2.23. The van der Waals surface area contributed by atoms with Gasteiger partial charge in [-0.2, -0.15) is 0 Å². The van der Waals surface area contributed by atoms with E-state index in [1.165, 1.54) is 0 Å². The van der Waals surface area contributed by atoms with Crippen LogP contribution in [-0.2, 0) is 0 Å². The number of hydrogen-bond donors (Lipinski definition) is 2. The fraction of sp³-hybridized carbons (Fsp3) is 0.333. The maximum Gasteiger partial charge on any atom is 0.255 e. The molecule has 0 saturated carbocycles. The summed E-state index contributed by atoms with van der Waals surface area (Å²) in [5, 5.41) is 5.59. The number of hydrogen-bond acceptors (Lipinski definition) is 3. The minimum absolute atomic E-state index is 0.153. The second kappa shape index (κ2) is 4.45. The molecule has 0 saturated heterocycles. The van der Waals surface area contributed by atoms with Gasteiger partial charge in [-0.25, -0.2) is 0 Å². The highest BCUT2D eigenvalue weighted by Crippen LogP contribution is 2.11. The molecule has 69 valence electrons. The predicted octanol–water partition coefficient (Wildman–Crippen LogP) is 0.673. The molecule has 1 radical (unpaired) electrons. The number of aromatic nitrogens is 1. The highest BCUT2D eigenvalue weighted by atomic mass is 16.1. The third kappa shape index (κ3) is 2.18. The Labute approximate surface area is 77.4 Å². The fourth-order valence-electron chi connectivity index (χ4n) is 0.988. The van der Waals surface area contributed by atoms with Crippen molar-refractivity contribution in [3.63, 3.8) is 0 Å². The van der Waals surface area contributed by atoms with Gasteiger partial charge in [0.25, 0.3) is 5.91 Å². The van der Waals surface area contributed by atoms with Gasteiger partial charge < -0.3 is 10.6 Å². The third-order valence-electron chi connectivity index (χ3n) is 1.60. The van der Waals surface area contributed by atoms with E-state index in [1.807, 2.05) is 6.92 Å². The number of rotatable bonds is 3. The zero-order valence-corrected chi connectivity index (χ0v) is 7.72. The molecule has 0 unspecified atom stereocenters. The van der Waals surface area contributed by atoms with Crippen molar-refractivity contribution in [1.82, 2.24) is 10.3 Å². The lowest BCUT2D eigenvalue weighted by molar-refractivity contribution is 0.0956. The molecule has 1 aromatic heterocycles. The average Bonchev–Trinajstić information content (AvgIpc) is 2.18. The van der Waals surface area contributed by atoms with Crippen molar-refractivity contribution in [3.05, 3.63) is 24.0 Å². The average molecular weight is 178 g/mol. The van der Waals surface area contributed by atoms with Crippen molar-refractivity contribution in [3.8, 4) is 0 Å². The molecular weight excluding hydrogens is 166 g/mol. The maximum atomic E-state index is 11.4. The van der Waals surface area contributed by atoms with Crippen molar-refractivity contribution in [2.45, 2.75) is 6.92 Å². The largest absolute Gasteiger partial charge is 0.387 e. The topological polar surface area (TPSA) is 54.0 Å². The summed E-state index contributed by atoms with van der Waals surface area (Å²) in [6.07, 6.45) is 4.24. The molecule has 1 heterocycles. The van der Waals surface area contributed by atoms with Gasteiger partial charge in [-0.15, -0.1) is 0 Å². The molecule has 4 nitrogen and oxygen atoms in total. The number of carbonyl (C=O) groups excluding carboxylic acids is 1. The Morgan fingerprint density at radius 3 is 3.08 bits per heavy atom. The quantitative estimate of drug-likeness (QED) is 0.715. The van der Waals surface area contributed by atoms with Crippen molar-refractivity contribution >= 4 is 11.6 Å². The molecule has 0 aliphatic rings. The molecule has 0 bridgehead atoms. The molecule has 0 spiro atoms. The Balaban J connectivity index is 2.92. The molecule has 1 amide bonds. The van der Waals surface area contributed by atoms with E-state index in [2.05, 4.69) is 21.8 Å². The van der Waals surface area contributed by atoms with Crippen LogP contribution in [0.25, 0.3) is 0 Å². The fourth-order valence-corrected chi connectivity index (χ4v) is 0.988. The molecule has 13 heavy (non-hydrogen) atoms. The molecular formula is C9H12N3O. The van der Waals surface area contributed by atoms with E-state index in [9.17, 15) is 4.79 Å². The molecule has 0 aromatic carbocycles. The Hall–Kier alpha value is -1.58. The van der Waals surface area contributed by atoms with E-state index in [0.29, 0.717) is 12.1 Å². The van der Waals surface area contributed by atoms with Crippen molar-refractivity contribution in [1.29, 1.82) is 0 Å². The smallest absolute Gasteiger partial charge is 0.255 e. The second-order valence-corrected chi connectivity index (χ2v) is 2.45. The molecule has 1 rings (SSSR count). The van der Waals surface area contributed by atoms with Crippen molar-refractivity contribution in [2.75, 3.05) is 18.9 Å². The standard InChI is InChI=1S/C9H12N3O/c1-3-12-9(13)7-6-11-5-4-8(7)10-2/h4-5H,3H2,1-2H3,(H,10,11)(H,12,13). The van der Waals surface area contributed by atoms with Crippen LogP contribution >= 0.6 is 0 Å². The van der Waals surface area contributed by atoms with E-state index in [0.717, 1.165) is 5.69 Å². The molecule has 1 aromatic rings. The van der Waals surface area contributed by atoms with Gasteiger partial charge in [-0.05, 0) is 13.0 Å². The number of nitrogens with one attached hydrogen (secondary N) is 2. The number of anilines is 1. The summed E-state index contributed by atoms with van der Waals surface area (Å²) in [5.41, 5.74) is 1.19. The zero-order valence-electron chi connectivity index (χ0n) is 7.72. The van der Waals surface area contributed by atoms with Crippen molar-refractivity contribution < 1.29 is 4.79 Å². The van der Waals surface area contributed by atoms with Crippen LogP contribution in [0.2, 0.25) is 0 Å². The van der Waals surface area contributed by atoms with Gasteiger partial charge in [-0.1, -0.05) is 0 Å². The van der Waals surface area contributed by atoms with E-state index in [4.69, 9.17) is 0 Å². The first-order chi connectivity index (χ1) is 6.29. The Kier molecular flexibility index (Phi) is 3.25. The van der Waals surface area contributed by atoms with E-state index in [1.54, 1.807) is 19.3 Å². The lowest BCUT2D eigenvalue weighted by Gasteiger charge is -2.06. The predicted molar refractivity (Wildman–Crippen MR) is 50.6 cm³/mol. The molecule has 0 fully saturated rings. The molecule has 4 heteroatoms. The van der Waals surface area contributed by atoms with Gasteiger partial charge in [0.2, 0.25) is 0 Å². The van der Waals surface area contributed by atoms with Crippen LogP contribution in [0.15, 0.2) is 12.3 Å². The van der Waals surface area contributed by atoms with Crippen LogP contribution in [0.1, 0.15) is 17.3 Å². The van der Waals surface area contributed by atoms with Gasteiger partial charge in [0.15, 0.2) is 0 Å². The minimum Gasteiger partial charge on any atom is -0.387 e. The third-order valence-corrected chi connectivity index (χ3v) is 1.60. The van der Waals surface area contributed by atoms with E-state index in [-0.39, 0.29) is 5.91 Å². The second-order valence-electron chi connectivity index (χ2n) is 2.45.